The van der Waals surface area contributed by atoms with Crippen molar-refractivity contribution < 1.29 is 4.79 Å². The smallest absolute Gasteiger partial charge is 0.227 e. The van der Waals surface area contributed by atoms with Crippen LogP contribution in [0.15, 0.2) is 53.7 Å². The van der Waals surface area contributed by atoms with E-state index < -0.39 is 5.91 Å². The van der Waals surface area contributed by atoms with Gasteiger partial charge < -0.3 is 11.1 Å². The van der Waals surface area contributed by atoms with Crippen molar-refractivity contribution in [3.8, 4) is 0 Å². The fourth-order valence-electron chi connectivity index (χ4n) is 2.04. The third-order valence-electron chi connectivity index (χ3n) is 3.05. The number of carbonyl (C=O) groups excluding carboxylic acids is 1. The number of thioether (sulfide) groups is 1. The highest BCUT2D eigenvalue weighted by molar-refractivity contribution is 7.99. The van der Waals surface area contributed by atoms with Gasteiger partial charge in [-0.15, -0.1) is 0 Å². The number of nitrogens with two attached hydrogens (primary N) is 1. The van der Waals surface area contributed by atoms with Crippen molar-refractivity contribution in [2.75, 3.05) is 11.1 Å². The second-order valence-electron chi connectivity index (χ2n) is 4.73. The van der Waals surface area contributed by atoms with Gasteiger partial charge in [0.15, 0.2) is 5.16 Å². The SMILES string of the molecule is NC(=O)CSc1nc(Nc2ccccc2Cl)c2ccccc2n1. The molecular formula is C16H13ClN4OS. The lowest BCUT2D eigenvalue weighted by molar-refractivity contribution is -0.115. The largest absolute Gasteiger partial charge is 0.369 e. The summed E-state index contributed by atoms with van der Waals surface area (Å²) in [7, 11) is 0. The molecule has 23 heavy (non-hydrogen) atoms. The molecule has 0 radical (unpaired) electrons. The average molecular weight is 345 g/mol. The molecule has 116 valence electrons. The van der Waals surface area contributed by atoms with Crippen LogP contribution in [-0.4, -0.2) is 21.6 Å². The lowest BCUT2D eigenvalue weighted by atomic mass is 10.2. The van der Waals surface area contributed by atoms with Crippen LogP contribution in [0.1, 0.15) is 0 Å². The van der Waals surface area contributed by atoms with E-state index in [1.165, 1.54) is 11.8 Å². The molecule has 5 nitrogen and oxygen atoms in total. The number of hydrogen-bond acceptors (Lipinski definition) is 5. The summed E-state index contributed by atoms with van der Waals surface area (Å²) in [4.78, 5) is 19.9. The molecule has 0 unspecified atom stereocenters. The Kier molecular flexibility index (Phi) is 4.64. The summed E-state index contributed by atoms with van der Waals surface area (Å²) in [6.07, 6.45) is 0. The van der Waals surface area contributed by atoms with Crippen molar-refractivity contribution in [3.05, 3.63) is 53.6 Å². The number of primary amides is 1. The second kappa shape index (κ2) is 6.85. The first-order chi connectivity index (χ1) is 11.1. The lowest BCUT2D eigenvalue weighted by Crippen LogP contribution is -2.13. The molecule has 0 saturated carbocycles. The van der Waals surface area contributed by atoms with E-state index in [0.29, 0.717) is 16.0 Å². The van der Waals surface area contributed by atoms with Crippen molar-refractivity contribution >= 4 is 51.7 Å². The zero-order valence-electron chi connectivity index (χ0n) is 12.0. The van der Waals surface area contributed by atoms with Crippen LogP contribution < -0.4 is 11.1 Å². The summed E-state index contributed by atoms with van der Waals surface area (Å²) in [5, 5.41) is 5.18. The Morgan fingerprint density at radius 2 is 1.87 bits per heavy atom. The predicted molar refractivity (Wildman–Crippen MR) is 94.2 cm³/mol. The third kappa shape index (κ3) is 3.72. The first-order valence-electron chi connectivity index (χ1n) is 6.83. The number of nitrogens with zero attached hydrogens (tertiary/aromatic N) is 2. The van der Waals surface area contributed by atoms with Crippen LogP contribution in [0.25, 0.3) is 10.9 Å². The van der Waals surface area contributed by atoms with Crippen molar-refractivity contribution in [2.24, 2.45) is 5.73 Å². The van der Waals surface area contributed by atoms with Gasteiger partial charge in [-0.3, -0.25) is 4.79 Å². The first kappa shape index (κ1) is 15.6. The molecule has 0 saturated heterocycles. The van der Waals surface area contributed by atoms with Gasteiger partial charge >= 0.3 is 0 Å². The van der Waals surface area contributed by atoms with Gasteiger partial charge in [0.25, 0.3) is 0 Å². The Balaban J connectivity index is 2.03. The van der Waals surface area contributed by atoms with Gasteiger partial charge in [-0.1, -0.05) is 47.6 Å². The van der Waals surface area contributed by atoms with Gasteiger partial charge in [-0.25, -0.2) is 9.97 Å². The summed E-state index contributed by atoms with van der Waals surface area (Å²) in [5.74, 6) is 0.354. The summed E-state index contributed by atoms with van der Waals surface area (Å²) in [6.45, 7) is 0. The van der Waals surface area contributed by atoms with E-state index in [2.05, 4.69) is 15.3 Å². The van der Waals surface area contributed by atoms with Gasteiger partial charge in [0.1, 0.15) is 5.82 Å². The van der Waals surface area contributed by atoms with Crippen LogP contribution >= 0.6 is 23.4 Å². The monoisotopic (exact) mass is 344 g/mol. The molecule has 0 atom stereocenters. The number of aromatic nitrogens is 2. The topological polar surface area (TPSA) is 80.9 Å². The fraction of sp³-hybridized carbons (Fsp3) is 0.0625. The fourth-order valence-corrected chi connectivity index (χ4v) is 2.81. The van der Waals surface area contributed by atoms with E-state index in [1.807, 2.05) is 42.5 Å². The highest BCUT2D eigenvalue weighted by Crippen LogP contribution is 2.29. The third-order valence-corrected chi connectivity index (χ3v) is 4.25. The first-order valence-corrected chi connectivity index (χ1v) is 8.19. The number of halogens is 1. The Hall–Kier alpha value is -2.31. The average Bonchev–Trinajstić information content (AvgIpc) is 2.55. The van der Waals surface area contributed by atoms with E-state index in [0.717, 1.165) is 16.6 Å². The van der Waals surface area contributed by atoms with Gasteiger partial charge in [-0.2, -0.15) is 0 Å². The summed E-state index contributed by atoms with van der Waals surface area (Å²) in [6, 6.07) is 15.1. The lowest BCUT2D eigenvalue weighted by Gasteiger charge is -2.11. The number of nitrogens with one attached hydrogen (secondary N) is 1. The van der Waals surface area contributed by atoms with Crippen LogP contribution in [0.2, 0.25) is 5.02 Å². The second-order valence-corrected chi connectivity index (χ2v) is 6.08. The molecule has 0 aliphatic heterocycles. The number of amides is 1. The van der Waals surface area contributed by atoms with E-state index in [9.17, 15) is 4.79 Å². The van der Waals surface area contributed by atoms with Crippen molar-refractivity contribution in [3.63, 3.8) is 0 Å². The number of benzene rings is 2. The Bertz CT molecular complexity index is 872. The molecule has 1 heterocycles. The van der Waals surface area contributed by atoms with Crippen LogP contribution in [0.3, 0.4) is 0 Å². The maximum absolute atomic E-state index is 11.0. The van der Waals surface area contributed by atoms with E-state index in [-0.39, 0.29) is 5.75 Å². The molecule has 3 N–H and O–H groups in total. The van der Waals surface area contributed by atoms with Gasteiger partial charge in [0, 0.05) is 5.39 Å². The highest BCUT2D eigenvalue weighted by atomic mass is 35.5. The number of hydrogen-bond donors (Lipinski definition) is 2. The maximum atomic E-state index is 11.0. The highest BCUT2D eigenvalue weighted by Gasteiger charge is 2.10. The van der Waals surface area contributed by atoms with Gasteiger partial charge in [0.2, 0.25) is 5.91 Å². The minimum Gasteiger partial charge on any atom is -0.369 e. The molecular weight excluding hydrogens is 332 g/mol. The zero-order chi connectivity index (χ0) is 16.2. The van der Waals surface area contributed by atoms with Crippen LogP contribution in [0, 0.1) is 0 Å². The minimum atomic E-state index is -0.410. The van der Waals surface area contributed by atoms with Crippen molar-refractivity contribution in [1.29, 1.82) is 0 Å². The number of carbonyl (C=O) groups is 1. The number of rotatable bonds is 5. The molecule has 0 spiro atoms. The zero-order valence-corrected chi connectivity index (χ0v) is 13.6. The van der Waals surface area contributed by atoms with Gasteiger partial charge in [0.05, 0.1) is 22.0 Å². The molecule has 0 fully saturated rings. The maximum Gasteiger partial charge on any atom is 0.227 e. The van der Waals surface area contributed by atoms with Crippen LogP contribution in [0.5, 0.6) is 0 Å². The Morgan fingerprint density at radius 1 is 1.13 bits per heavy atom. The number of fused-ring (bicyclic) bond motifs is 1. The van der Waals surface area contributed by atoms with E-state index >= 15 is 0 Å². The van der Waals surface area contributed by atoms with Crippen molar-refractivity contribution in [1.82, 2.24) is 9.97 Å². The summed E-state index contributed by atoms with van der Waals surface area (Å²) < 4.78 is 0. The molecule has 0 aliphatic rings. The van der Waals surface area contributed by atoms with E-state index in [4.69, 9.17) is 17.3 Å². The normalized spacial score (nSPS) is 10.7. The molecule has 1 aromatic heterocycles. The Labute approximate surface area is 142 Å². The van der Waals surface area contributed by atoms with Gasteiger partial charge in [-0.05, 0) is 24.3 Å². The predicted octanol–water partition coefficient (Wildman–Crippen LogP) is 3.60. The number of anilines is 2. The van der Waals surface area contributed by atoms with Crippen LogP contribution in [0.4, 0.5) is 11.5 Å². The quantitative estimate of drug-likeness (QED) is 0.546. The molecule has 7 heteroatoms. The molecule has 0 aliphatic carbocycles. The molecule has 2 aromatic carbocycles. The molecule has 3 aromatic rings. The molecule has 3 rings (SSSR count). The number of para-hydroxylation sites is 2. The summed E-state index contributed by atoms with van der Waals surface area (Å²) in [5.41, 5.74) is 6.72. The molecule has 1 amide bonds. The van der Waals surface area contributed by atoms with E-state index in [1.54, 1.807) is 6.07 Å². The standard InChI is InChI=1S/C16H13ClN4OS/c17-11-6-2-4-8-13(11)19-15-10-5-1-3-7-12(10)20-16(21-15)23-9-14(18)22/h1-8H,9H2,(H2,18,22)(H,19,20,21). The van der Waals surface area contributed by atoms with Crippen molar-refractivity contribution in [2.45, 2.75) is 5.16 Å². The molecule has 0 bridgehead atoms. The minimum absolute atomic E-state index is 0.129. The van der Waals surface area contributed by atoms with Crippen LogP contribution in [-0.2, 0) is 4.79 Å². The summed E-state index contributed by atoms with van der Waals surface area (Å²) >= 11 is 7.40. The Morgan fingerprint density at radius 3 is 2.65 bits per heavy atom.